The number of hydrogen-bond donors (Lipinski definition) is 2. The molecule has 1 unspecified atom stereocenters. The number of carbonyl (C=O) groups is 1. The lowest BCUT2D eigenvalue weighted by molar-refractivity contribution is -0.118. The first-order valence-corrected chi connectivity index (χ1v) is 7.46. The molecular formula is C15H24IN5O2. The molecule has 1 fully saturated rings. The number of pyridine rings is 1. The van der Waals surface area contributed by atoms with Crippen molar-refractivity contribution in [1.29, 1.82) is 0 Å². The molecule has 2 heterocycles. The van der Waals surface area contributed by atoms with Crippen molar-refractivity contribution in [2.24, 2.45) is 4.99 Å². The highest BCUT2D eigenvalue weighted by atomic mass is 127. The maximum atomic E-state index is 10.8. The third-order valence-corrected chi connectivity index (χ3v) is 3.36. The number of rotatable bonds is 5. The topological polar surface area (TPSA) is 78.9 Å². The first-order chi connectivity index (χ1) is 10.7. The third-order valence-electron chi connectivity index (χ3n) is 3.36. The zero-order valence-electron chi connectivity index (χ0n) is 13.5. The number of halogens is 1. The minimum Gasteiger partial charge on any atom is -0.472 e. The Morgan fingerprint density at radius 1 is 1.43 bits per heavy atom. The van der Waals surface area contributed by atoms with E-state index in [0.717, 1.165) is 25.5 Å². The second-order valence-electron chi connectivity index (χ2n) is 5.10. The van der Waals surface area contributed by atoms with E-state index in [4.69, 9.17) is 4.74 Å². The van der Waals surface area contributed by atoms with Crippen LogP contribution in [-0.2, 0) is 4.79 Å². The van der Waals surface area contributed by atoms with Crippen molar-refractivity contribution in [2.45, 2.75) is 19.4 Å². The van der Waals surface area contributed by atoms with Gasteiger partial charge in [-0.05, 0) is 6.07 Å². The molecule has 23 heavy (non-hydrogen) atoms. The molecule has 1 atom stereocenters. The largest absolute Gasteiger partial charge is 0.472 e. The number of nitrogens with zero attached hydrogens (tertiary/aromatic N) is 3. The highest BCUT2D eigenvalue weighted by Gasteiger charge is 2.26. The third kappa shape index (κ3) is 6.59. The van der Waals surface area contributed by atoms with E-state index in [1.807, 2.05) is 18.2 Å². The molecule has 0 spiro atoms. The summed E-state index contributed by atoms with van der Waals surface area (Å²) in [5, 5.41) is 5.99. The van der Waals surface area contributed by atoms with E-state index in [0.29, 0.717) is 19.0 Å². The van der Waals surface area contributed by atoms with Crippen LogP contribution in [0, 0.1) is 0 Å². The van der Waals surface area contributed by atoms with Gasteiger partial charge in [0.05, 0.1) is 6.54 Å². The van der Waals surface area contributed by atoms with Crippen molar-refractivity contribution in [1.82, 2.24) is 20.5 Å². The van der Waals surface area contributed by atoms with E-state index in [9.17, 15) is 4.79 Å². The first-order valence-electron chi connectivity index (χ1n) is 7.46. The van der Waals surface area contributed by atoms with Gasteiger partial charge >= 0.3 is 0 Å². The van der Waals surface area contributed by atoms with Gasteiger partial charge in [-0.2, -0.15) is 0 Å². The second-order valence-corrected chi connectivity index (χ2v) is 5.10. The maximum Gasteiger partial charge on any atom is 0.216 e. The molecule has 0 radical (unpaired) electrons. The van der Waals surface area contributed by atoms with Crippen LogP contribution < -0.4 is 15.4 Å². The molecule has 0 saturated carbocycles. The summed E-state index contributed by atoms with van der Waals surface area (Å²) in [6.45, 7) is 4.40. The molecule has 1 aromatic heterocycles. The summed E-state index contributed by atoms with van der Waals surface area (Å²) in [5.41, 5.74) is 0. The summed E-state index contributed by atoms with van der Waals surface area (Å²) >= 11 is 0. The minimum absolute atomic E-state index is 0. The number of hydrogen-bond acceptors (Lipinski definition) is 4. The van der Waals surface area contributed by atoms with E-state index in [-0.39, 0.29) is 36.0 Å². The number of amides is 1. The monoisotopic (exact) mass is 433 g/mol. The van der Waals surface area contributed by atoms with Crippen molar-refractivity contribution in [2.75, 3.05) is 33.2 Å². The fourth-order valence-corrected chi connectivity index (χ4v) is 2.35. The normalized spacial score (nSPS) is 17.4. The number of carbonyl (C=O) groups excluding carboxylic acids is 1. The van der Waals surface area contributed by atoms with Crippen LogP contribution in [0.15, 0.2) is 29.4 Å². The average Bonchev–Trinajstić information content (AvgIpc) is 2.96. The fraction of sp³-hybridized carbons (Fsp3) is 0.533. The number of nitrogens with one attached hydrogen (secondary N) is 2. The van der Waals surface area contributed by atoms with Crippen LogP contribution in [0.2, 0.25) is 0 Å². The Hall–Kier alpha value is -1.58. The van der Waals surface area contributed by atoms with Gasteiger partial charge in [0.2, 0.25) is 11.8 Å². The molecule has 1 aromatic rings. The smallest absolute Gasteiger partial charge is 0.216 e. The maximum absolute atomic E-state index is 10.8. The van der Waals surface area contributed by atoms with E-state index < -0.39 is 0 Å². The molecule has 0 aromatic carbocycles. The van der Waals surface area contributed by atoms with Gasteiger partial charge in [0.25, 0.3) is 0 Å². The lowest BCUT2D eigenvalue weighted by Crippen LogP contribution is -2.43. The van der Waals surface area contributed by atoms with Crippen LogP contribution in [0.5, 0.6) is 5.88 Å². The van der Waals surface area contributed by atoms with Crippen LogP contribution in [0.4, 0.5) is 0 Å². The van der Waals surface area contributed by atoms with Gasteiger partial charge in [-0.25, -0.2) is 4.98 Å². The second kappa shape index (κ2) is 10.2. The molecule has 0 bridgehead atoms. The van der Waals surface area contributed by atoms with Gasteiger partial charge in [0.1, 0.15) is 6.10 Å². The van der Waals surface area contributed by atoms with E-state index in [1.165, 1.54) is 6.92 Å². The standard InChI is InChI=1S/C15H23N5O2.HI/c1-12(21)17-8-9-19-15(16-2)20-10-6-13(11-20)22-14-5-3-4-7-18-14;/h3-5,7,13H,6,8-11H2,1-2H3,(H,16,19)(H,17,21);1H. The lowest BCUT2D eigenvalue weighted by Gasteiger charge is -2.21. The van der Waals surface area contributed by atoms with Gasteiger partial charge < -0.3 is 20.3 Å². The minimum atomic E-state index is -0.0261. The summed E-state index contributed by atoms with van der Waals surface area (Å²) in [7, 11) is 1.76. The summed E-state index contributed by atoms with van der Waals surface area (Å²) in [5.74, 6) is 1.46. The number of aliphatic imine (C=N–C) groups is 1. The Morgan fingerprint density at radius 2 is 2.22 bits per heavy atom. The molecule has 7 nitrogen and oxygen atoms in total. The molecule has 8 heteroatoms. The number of likely N-dealkylation sites (tertiary alicyclic amines) is 1. The lowest BCUT2D eigenvalue weighted by atomic mass is 10.3. The Bertz CT molecular complexity index is 512. The molecule has 128 valence electrons. The average molecular weight is 433 g/mol. The molecule has 1 aliphatic heterocycles. The highest BCUT2D eigenvalue weighted by molar-refractivity contribution is 14.0. The molecule has 0 aliphatic carbocycles. The van der Waals surface area contributed by atoms with E-state index in [1.54, 1.807) is 13.2 Å². The van der Waals surface area contributed by atoms with Crippen LogP contribution in [0.25, 0.3) is 0 Å². The van der Waals surface area contributed by atoms with Gasteiger partial charge in [-0.15, -0.1) is 24.0 Å². The predicted octanol–water partition coefficient (Wildman–Crippen LogP) is 0.864. The fourth-order valence-electron chi connectivity index (χ4n) is 2.35. The Labute approximate surface area is 153 Å². The predicted molar refractivity (Wildman–Crippen MR) is 100 cm³/mol. The van der Waals surface area contributed by atoms with E-state index >= 15 is 0 Å². The van der Waals surface area contributed by atoms with E-state index in [2.05, 4.69) is 25.5 Å². The Kier molecular flexibility index (Phi) is 8.67. The summed E-state index contributed by atoms with van der Waals surface area (Å²) < 4.78 is 5.86. The highest BCUT2D eigenvalue weighted by Crippen LogP contribution is 2.16. The molecule has 1 amide bonds. The number of guanidine groups is 1. The van der Waals surface area contributed by atoms with Crippen LogP contribution >= 0.6 is 24.0 Å². The van der Waals surface area contributed by atoms with Crippen LogP contribution in [0.1, 0.15) is 13.3 Å². The SMILES string of the molecule is CN=C(NCCNC(C)=O)N1CCC(Oc2ccccn2)C1.I. The van der Waals surface area contributed by atoms with Gasteiger partial charge in [-0.3, -0.25) is 9.79 Å². The van der Waals surface area contributed by atoms with Crippen molar-refractivity contribution in [3.63, 3.8) is 0 Å². The van der Waals surface area contributed by atoms with Crippen LogP contribution in [-0.4, -0.2) is 61.1 Å². The van der Waals surface area contributed by atoms with Gasteiger partial charge in [-0.1, -0.05) is 6.07 Å². The summed E-state index contributed by atoms with van der Waals surface area (Å²) in [6, 6.07) is 5.65. The molecule has 1 saturated heterocycles. The Balaban J connectivity index is 0.00000264. The number of aromatic nitrogens is 1. The van der Waals surface area contributed by atoms with Crippen molar-refractivity contribution < 1.29 is 9.53 Å². The molecule has 1 aliphatic rings. The summed E-state index contributed by atoms with van der Waals surface area (Å²) in [4.78, 5) is 21.4. The zero-order chi connectivity index (χ0) is 15.8. The molecule has 2 rings (SSSR count). The zero-order valence-corrected chi connectivity index (χ0v) is 15.8. The van der Waals surface area contributed by atoms with Gasteiger partial charge in [0.15, 0.2) is 5.96 Å². The summed E-state index contributed by atoms with van der Waals surface area (Å²) in [6.07, 6.45) is 2.77. The van der Waals surface area contributed by atoms with Gasteiger partial charge in [0, 0.05) is 52.3 Å². The number of ether oxygens (including phenoxy) is 1. The van der Waals surface area contributed by atoms with Crippen LogP contribution in [0.3, 0.4) is 0 Å². The quantitative estimate of drug-likeness (QED) is 0.312. The molecule has 2 N–H and O–H groups in total. The van der Waals surface area contributed by atoms with Crippen molar-refractivity contribution in [3.8, 4) is 5.88 Å². The molecular weight excluding hydrogens is 409 g/mol. The van der Waals surface area contributed by atoms with Crippen molar-refractivity contribution in [3.05, 3.63) is 24.4 Å². The Morgan fingerprint density at radius 3 is 2.87 bits per heavy atom. The van der Waals surface area contributed by atoms with Crippen molar-refractivity contribution >= 4 is 35.8 Å². The first kappa shape index (κ1) is 19.5.